The molecule has 0 spiro atoms. The maximum atomic E-state index is 11.5. The highest BCUT2D eigenvalue weighted by Gasteiger charge is 2.11. The monoisotopic (exact) mass is 336 g/mol. The summed E-state index contributed by atoms with van der Waals surface area (Å²) in [6.07, 6.45) is 3.84. The average molecular weight is 336 g/mol. The van der Waals surface area contributed by atoms with E-state index in [-0.39, 0.29) is 5.97 Å². The number of methoxy groups -OCH3 is 1. The number of benzene rings is 1. The Morgan fingerprint density at radius 3 is 2.71 bits per heavy atom. The zero-order valence-electron chi connectivity index (χ0n) is 13.1. The number of nitrogens with zero attached hydrogens (tertiary/aromatic N) is 1. The summed E-state index contributed by atoms with van der Waals surface area (Å²) in [5.74, 6) is 0.416. The Morgan fingerprint density at radius 1 is 1.08 bits per heavy atom. The third-order valence-electron chi connectivity index (χ3n) is 3.30. The molecule has 1 N–H and O–H groups in total. The second-order valence-corrected chi connectivity index (χ2v) is 6.04. The molecule has 4 nitrogen and oxygen atoms in total. The molecule has 3 aromatic rings. The zero-order valence-corrected chi connectivity index (χ0v) is 13.9. The Hall–Kier alpha value is -2.92. The van der Waals surface area contributed by atoms with Gasteiger partial charge in [0.15, 0.2) is 0 Å². The van der Waals surface area contributed by atoms with E-state index in [0.29, 0.717) is 4.88 Å². The molecule has 2 aromatic heterocycles. The van der Waals surface area contributed by atoms with Gasteiger partial charge in [-0.3, -0.25) is 0 Å². The van der Waals surface area contributed by atoms with Crippen LogP contribution in [-0.2, 0) is 4.74 Å². The number of thiophene rings is 1. The van der Waals surface area contributed by atoms with Crippen molar-refractivity contribution in [2.75, 3.05) is 12.4 Å². The number of esters is 1. The molecule has 0 saturated heterocycles. The van der Waals surface area contributed by atoms with Gasteiger partial charge in [0, 0.05) is 6.20 Å². The lowest BCUT2D eigenvalue weighted by molar-refractivity contribution is 0.0606. The van der Waals surface area contributed by atoms with E-state index in [9.17, 15) is 4.79 Å². The van der Waals surface area contributed by atoms with Crippen LogP contribution in [-0.4, -0.2) is 18.1 Å². The lowest BCUT2D eigenvalue weighted by atomic mass is 10.2. The number of hydrogen-bond donors (Lipinski definition) is 1. The molecule has 0 amide bonds. The number of aromatic nitrogens is 1. The molecule has 2 heterocycles. The first-order valence-electron chi connectivity index (χ1n) is 7.40. The summed E-state index contributed by atoms with van der Waals surface area (Å²) in [6.45, 7) is 0. The number of rotatable bonds is 5. The Morgan fingerprint density at radius 2 is 1.92 bits per heavy atom. The van der Waals surface area contributed by atoms with E-state index in [1.54, 1.807) is 6.07 Å². The van der Waals surface area contributed by atoms with E-state index in [0.717, 1.165) is 22.0 Å². The normalized spacial score (nSPS) is 10.7. The molecule has 120 valence electrons. The molecule has 0 aliphatic heterocycles. The van der Waals surface area contributed by atoms with Gasteiger partial charge in [-0.15, -0.1) is 11.3 Å². The van der Waals surface area contributed by atoms with Crippen LogP contribution < -0.4 is 5.32 Å². The third kappa shape index (κ3) is 3.88. The largest absolute Gasteiger partial charge is 0.465 e. The van der Waals surface area contributed by atoms with E-state index in [1.807, 2.05) is 66.9 Å². The van der Waals surface area contributed by atoms with Crippen molar-refractivity contribution >= 4 is 29.2 Å². The number of carbonyl (C=O) groups excluding carboxylic acids is 1. The van der Waals surface area contributed by atoms with Crippen LogP contribution in [0.15, 0.2) is 66.9 Å². The van der Waals surface area contributed by atoms with Gasteiger partial charge in [0.05, 0.1) is 17.7 Å². The minimum Gasteiger partial charge on any atom is -0.465 e. The van der Waals surface area contributed by atoms with Crippen LogP contribution in [0.3, 0.4) is 0 Å². The molecule has 0 fully saturated rings. The fraction of sp³-hybridized carbons (Fsp3) is 0.0526. The van der Waals surface area contributed by atoms with Crippen molar-refractivity contribution in [2.45, 2.75) is 0 Å². The highest BCUT2D eigenvalue weighted by Crippen LogP contribution is 2.27. The van der Waals surface area contributed by atoms with Crippen molar-refractivity contribution in [1.82, 2.24) is 4.98 Å². The van der Waals surface area contributed by atoms with Crippen LogP contribution in [0.5, 0.6) is 0 Å². The fourth-order valence-electron chi connectivity index (χ4n) is 2.13. The Bertz CT molecular complexity index is 857. The van der Waals surface area contributed by atoms with Gasteiger partial charge in [0.25, 0.3) is 0 Å². The van der Waals surface area contributed by atoms with Gasteiger partial charge >= 0.3 is 5.97 Å². The summed E-state index contributed by atoms with van der Waals surface area (Å²) < 4.78 is 4.73. The molecule has 0 bridgehead atoms. The molecule has 5 heteroatoms. The summed E-state index contributed by atoms with van der Waals surface area (Å²) in [4.78, 5) is 17.6. The topological polar surface area (TPSA) is 51.2 Å². The number of carbonyl (C=O) groups is 1. The van der Waals surface area contributed by atoms with E-state index in [4.69, 9.17) is 4.74 Å². The van der Waals surface area contributed by atoms with Gasteiger partial charge in [-0.2, -0.15) is 0 Å². The molecule has 0 aliphatic carbocycles. The summed E-state index contributed by atoms with van der Waals surface area (Å²) in [5.41, 5.74) is 1.93. The lowest BCUT2D eigenvalue weighted by Crippen LogP contribution is -1.96. The first-order chi connectivity index (χ1) is 11.8. The molecule has 24 heavy (non-hydrogen) atoms. The molecule has 0 aliphatic rings. The number of anilines is 1. The first kappa shape index (κ1) is 16.0. The van der Waals surface area contributed by atoms with Crippen LogP contribution in [0.1, 0.15) is 15.2 Å². The Kier molecular flexibility index (Phi) is 5.03. The third-order valence-corrected chi connectivity index (χ3v) is 4.39. The molecule has 0 atom stereocenters. The quantitative estimate of drug-likeness (QED) is 0.687. The van der Waals surface area contributed by atoms with Crippen LogP contribution >= 0.6 is 11.3 Å². The predicted octanol–water partition coefficient (Wildman–Crippen LogP) is 4.68. The molecule has 0 saturated carbocycles. The summed E-state index contributed by atoms with van der Waals surface area (Å²) in [6, 6.07) is 19.4. The Balaban J connectivity index is 1.73. The average Bonchev–Trinajstić information content (AvgIpc) is 3.12. The highest BCUT2D eigenvalue weighted by atomic mass is 32.1. The van der Waals surface area contributed by atoms with Gasteiger partial charge < -0.3 is 10.1 Å². The standard InChI is InChI=1S/C19H16N2O2S/c1-23-19(22)17-11-10-16(24-17)15-8-5-9-18(21-15)20-13-12-14-6-3-2-4-7-14/h2-13H,1H3,(H,20,21). The first-order valence-corrected chi connectivity index (χ1v) is 8.21. The molecule has 3 rings (SSSR count). The van der Waals surface area contributed by atoms with E-state index in [2.05, 4.69) is 10.3 Å². The van der Waals surface area contributed by atoms with Crippen molar-refractivity contribution in [3.05, 3.63) is 77.3 Å². The van der Waals surface area contributed by atoms with Gasteiger partial charge in [0.2, 0.25) is 0 Å². The number of pyridine rings is 1. The van der Waals surface area contributed by atoms with Gasteiger partial charge in [0.1, 0.15) is 10.7 Å². The zero-order chi connectivity index (χ0) is 16.8. The second-order valence-electron chi connectivity index (χ2n) is 4.95. The van der Waals surface area contributed by atoms with Crippen molar-refractivity contribution < 1.29 is 9.53 Å². The number of ether oxygens (including phenoxy) is 1. The number of nitrogens with one attached hydrogen (secondary N) is 1. The molecule has 0 radical (unpaired) electrons. The predicted molar refractivity (Wildman–Crippen MR) is 98.0 cm³/mol. The molecular formula is C19H16N2O2S. The van der Waals surface area contributed by atoms with E-state index >= 15 is 0 Å². The van der Waals surface area contributed by atoms with E-state index < -0.39 is 0 Å². The van der Waals surface area contributed by atoms with Crippen molar-refractivity contribution in [1.29, 1.82) is 0 Å². The maximum absolute atomic E-state index is 11.5. The van der Waals surface area contributed by atoms with Gasteiger partial charge in [-0.05, 0) is 35.9 Å². The fourth-order valence-corrected chi connectivity index (χ4v) is 3.02. The second kappa shape index (κ2) is 7.57. The summed E-state index contributed by atoms with van der Waals surface area (Å²) >= 11 is 1.37. The van der Waals surface area contributed by atoms with E-state index in [1.165, 1.54) is 18.4 Å². The lowest BCUT2D eigenvalue weighted by Gasteiger charge is -2.02. The van der Waals surface area contributed by atoms with Gasteiger partial charge in [-0.25, -0.2) is 9.78 Å². The van der Waals surface area contributed by atoms with Crippen LogP contribution in [0.4, 0.5) is 5.82 Å². The van der Waals surface area contributed by atoms with Crippen LogP contribution in [0, 0.1) is 0 Å². The minimum atomic E-state index is -0.327. The molecule has 1 aromatic carbocycles. The van der Waals surface area contributed by atoms with Gasteiger partial charge in [-0.1, -0.05) is 36.4 Å². The van der Waals surface area contributed by atoms with Crippen molar-refractivity contribution in [3.8, 4) is 10.6 Å². The summed E-state index contributed by atoms with van der Waals surface area (Å²) in [5, 5.41) is 3.17. The Labute approximate surface area is 144 Å². The molecule has 0 unspecified atom stereocenters. The number of hydrogen-bond acceptors (Lipinski definition) is 5. The van der Waals surface area contributed by atoms with Crippen LogP contribution in [0.2, 0.25) is 0 Å². The maximum Gasteiger partial charge on any atom is 0.348 e. The highest BCUT2D eigenvalue weighted by molar-refractivity contribution is 7.17. The molecular weight excluding hydrogens is 320 g/mol. The SMILES string of the molecule is COC(=O)c1ccc(-c2cccc(NC=Cc3ccccc3)n2)s1. The van der Waals surface area contributed by atoms with Crippen molar-refractivity contribution in [2.24, 2.45) is 0 Å². The smallest absolute Gasteiger partial charge is 0.348 e. The van der Waals surface area contributed by atoms with Crippen LogP contribution in [0.25, 0.3) is 16.6 Å². The minimum absolute atomic E-state index is 0.327. The summed E-state index contributed by atoms with van der Waals surface area (Å²) in [7, 11) is 1.38. The van der Waals surface area contributed by atoms with Crippen molar-refractivity contribution in [3.63, 3.8) is 0 Å².